The van der Waals surface area contributed by atoms with Gasteiger partial charge in [-0.3, -0.25) is 0 Å². The molecule has 4 heteroatoms. The van der Waals surface area contributed by atoms with Crippen molar-refractivity contribution in [3.8, 4) is 0 Å². The lowest BCUT2D eigenvalue weighted by molar-refractivity contribution is 0.388. The van der Waals surface area contributed by atoms with E-state index in [1.165, 1.54) is 5.52 Å². The van der Waals surface area contributed by atoms with Gasteiger partial charge in [0.2, 0.25) is 5.95 Å². The SMILES string of the molecule is CNc1nc2ccccc2n1CCCN(C)C. The van der Waals surface area contributed by atoms with Crippen molar-refractivity contribution in [3.05, 3.63) is 24.3 Å². The Morgan fingerprint density at radius 2 is 2.06 bits per heavy atom. The van der Waals surface area contributed by atoms with Crippen LogP contribution in [-0.2, 0) is 6.54 Å². The second-order valence-corrected chi connectivity index (χ2v) is 4.48. The van der Waals surface area contributed by atoms with Crippen molar-refractivity contribution in [2.45, 2.75) is 13.0 Å². The lowest BCUT2D eigenvalue weighted by atomic mass is 10.3. The van der Waals surface area contributed by atoms with Crippen molar-refractivity contribution in [2.75, 3.05) is 33.0 Å². The molecular weight excluding hydrogens is 212 g/mol. The van der Waals surface area contributed by atoms with E-state index in [9.17, 15) is 0 Å². The molecule has 0 aliphatic carbocycles. The van der Waals surface area contributed by atoms with E-state index >= 15 is 0 Å². The van der Waals surface area contributed by atoms with E-state index in [-0.39, 0.29) is 0 Å². The van der Waals surface area contributed by atoms with Crippen LogP contribution in [-0.4, -0.2) is 42.1 Å². The number of rotatable bonds is 5. The number of benzene rings is 1. The summed E-state index contributed by atoms with van der Waals surface area (Å²) in [4.78, 5) is 6.77. The first-order valence-electron chi connectivity index (χ1n) is 6.00. The number of imidazole rings is 1. The first kappa shape index (κ1) is 11.9. The Balaban J connectivity index is 2.24. The van der Waals surface area contributed by atoms with Gasteiger partial charge in [0.25, 0.3) is 0 Å². The van der Waals surface area contributed by atoms with Gasteiger partial charge in [0, 0.05) is 13.6 Å². The molecule has 0 aliphatic heterocycles. The van der Waals surface area contributed by atoms with Crippen LogP contribution in [0.4, 0.5) is 5.95 Å². The topological polar surface area (TPSA) is 33.1 Å². The molecule has 0 saturated carbocycles. The zero-order valence-electron chi connectivity index (χ0n) is 10.8. The van der Waals surface area contributed by atoms with Crippen LogP contribution in [0, 0.1) is 0 Å². The van der Waals surface area contributed by atoms with E-state index in [1.807, 2.05) is 13.1 Å². The molecule has 0 aliphatic rings. The minimum Gasteiger partial charge on any atom is -0.359 e. The zero-order chi connectivity index (χ0) is 12.3. The predicted octanol–water partition coefficient (Wildman–Crippen LogP) is 2.03. The Kier molecular flexibility index (Phi) is 3.64. The number of fused-ring (bicyclic) bond motifs is 1. The van der Waals surface area contributed by atoms with E-state index in [1.54, 1.807) is 0 Å². The van der Waals surface area contributed by atoms with Gasteiger partial charge < -0.3 is 14.8 Å². The van der Waals surface area contributed by atoms with Crippen LogP contribution in [0.2, 0.25) is 0 Å². The highest BCUT2D eigenvalue weighted by molar-refractivity contribution is 5.78. The number of nitrogens with one attached hydrogen (secondary N) is 1. The molecular formula is C13H20N4. The molecule has 1 heterocycles. The smallest absolute Gasteiger partial charge is 0.203 e. The third-order valence-electron chi connectivity index (χ3n) is 2.87. The van der Waals surface area contributed by atoms with Crippen LogP contribution in [0.5, 0.6) is 0 Å². The van der Waals surface area contributed by atoms with Gasteiger partial charge in [-0.15, -0.1) is 0 Å². The zero-order valence-corrected chi connectivity index (χ0v) is 10.8. The number of aryl methyl sites for hydroxylation is 1. The molecule has 0 saturated heterocycles. The minimum absolute atomic E-state index is 0.949. The highest BCUT2D eigenvalue weighted by Crippen LogP contribution is 2.19. The molecule has 0 radical (unpaired) electrons. The highest BCUT2D eigenvalue weighted by Gasteiger charge is 2.08. The maximum absolute atomic E-state index is 4.57. The molecule has 2 rings (SSSR count). The third kappa shape index (κ3) is 2.58. The molecule has 1 aromatic heterocycles. The molecule has 0 bridgehead atoms. The van der Waals surface area contributed by atoms with Crippen LogP contribution in [0.1, 0.15) is 6.42 Å². The Morgan fingerprint density at radius 3 is 2.76 bits per heavy atom. The van der Waals surface area contributed by atoms with Gasteiger partial charge >= 0.3 is 0 Å². The maximum Gasteiger partial charge on any atom is 0.203 e. The normalized spacial score (nSPS) is 11.3. The number of anilines is 1. The maximum atomic E-state index is 4.57. The van der Waals surface area contributed by atoms with Gasteiger partial charge in [0.1, 0.15) is 0 Å². The van der Waals surface area contributed by atoms with Gasteiger partial charge in [-0.25, -0.2) is 4.98 Å². The molecule has 0 unspecified atom stereocenters. The first-order chi connectivity index (χ1) is 8.22. The summed E-state index contributed by atoms with van der Waals surface area (Å²) in [5, 5.41) is 3.16. The summed E-state index contributed by atoms with van der Waals surface area (Å²) in [5.74, 6) is 0.949. The molecule has 92 valence electrons. The second kappa shape index (κ2) is 5.19. The van der Waals surface area contributed by atoms with Crippen LogP contribution in [0.3, 0.4) is 0 Å². The molecule has 0 fully saturated rings. The summed E-state index contributed by atoms with van der Waals surface area (Å²) in [7, 11) is 6.12. The Morgan fingerprint density at radius 1 is 1.29 bits per heavy atom. The van der Waals surface area contributed by atoms with Crippen molar-refractivity contribution in [2.24, 2.45) is 0 Å². The molecule has 0 atom stereocenters. The molecule has 1 N–H and O–H groups in total. The number of nitrogens with zero attached hydrogens (tertiary/aromatic N) is 3. The fourth-order valence-electron chi connectivity index (χ4n) is 2.04. The molecule has 2 aromatic rings. The van der Waals surface area contributed by atoms with Crippen molar-refractivity contribution >= 4 is 17.0 Å². The number of hydrogen-bond donors (Lipinski definition) is 1. The van der Waals surface area contributed by atoms with Crippen molar-refractivity contribution < 1.29 is 0 Å². The minimum atomic E-state index is 0.949. The van der Waals surface area contributed by atoms with Gasteiger partial charge in [-0.1, -0.05) is 12.1 Å². The van der Waals surface area contributed by atoms with Gasteiger partial charge in [0.05, 0.1) is 11.0 Å². The van der Waals surface area contributed by atoms with Crippen molar-refractivity contribution in [1.82, 2.24) is 14.5 Å². The Labute approximate surface area is 102 Å². The number of aromatic nitrogens is 2. The molecule has 0 amide bonds. The van der Waals surface area contributed by atoms with Gasteiger partial charge in [0.15, 0.2) is 0 Å². The quantitative estimate of drug-likeness (QED) is 0.856. The lowest BCUT2D eigenvalue weighted by Gasteiger charge is -2.11. The molecule has 4 nitrogen and oxygen atoms in total. The summed E-state index contributed by atoms with van der Waals surface area (Å²) < 4.78 is 2.25. The van der Waals surface area contributed by atoms with E-state index in [4.69, 9.17) is 0 Å². The summed E-state index contributed by atoms with van der Waals surface area (Å²) in [5.41, 5.74) is 2.26. The van der Waals surface area contributed by atoms with Crippen molar-refractivity contribution in [1.29, 1.82) is 0 Å². The molecule has 17 heavy (non-hydrogen) atoms. The molecule has 0 spiro atoms. The third-order valence-corrected chi connectivity index (χ3v) is 2.87. The fraction of sp³-hybridized carbons (Fsp3) is 0.462. The number of para-hydroxylation sites is 2. The monoisotopic (exact) mass is 232 g/mol. The number of hydrogen-bond acceptors (Lipinski definition) is 3. The predicted molar refractivity (Wildman–Crippen MR) is 72.5 cm³/mol. The fourth-order valence-corrected chi connectivity index (χ4v) is 2.04. The van der Waals surface area contributed by atoms with E-state index in [2.05, 4.69) is 52.1 Å². The Hall–Kier alpha value is -1.55. The molecule has 1 aromatic carbocycles. The standard InChI is InChI=1S/C13H20N4/c1-14-13-15-11-7-4-5-8-12(11)17(13)10-6-9-16(2)3/h4-5,7-8H,6,9-10H2,1-3H3,(H,14,15). The average molecular weight is 232 g/mol. The van der Waals surface area contributed by atoms with Crippen LogP contribution < -0.4 is 5.32 Å². The summed E-state index contributed by atoms with van der Waals surface area (Å²) in [6.07, 6.45) is 1.13. The van der Waals surface area contributed by atoms with E-state index in [0.29, 0.717) is 0 Å². The largest absolute Gasteiger partial charge is 0.359 e. The van der Waals surface area contributed by atoms with E-state index in [0.717, 1.165) is 31.0 Å². The van der Waals surface area contributed by atoms with Crippen molar-refractivity contribution in [3.63, 3.8) is 0 Å². The van der Waals surface area contributed by atoms with E-state index < -0.39 is 0 Å². The lowest BCUT2D eigenvalue weighted by Crippen LogP contribution is -2.15. The summed E-state index contributed by atoms with van der Waals surface area (Å²) >= 11 is 0. The average Bonchev–Trinajstić information content (AvgIpc) is 2.67. The Bertz CT molecular complexity index is 487. The summed E-state index contributed by atoms with van der Waals surface area (Å²) in [6.45, 7) is 2.09. The highest BCUT2D eigenvalue weighted by atomic mass is 15.2. The second-order valence-electron chi connectivity index (χ2n) is 4.48. The van der Waals surface area contributed by atoms with Crippen LogP contribution in [0.15, 0.2) is 24.3 Å². The van der Waals surface area contributed by atoms with Crippen LogP contribution >= 0.6 is 0 Å². The summed E-state index contributed by atoms with van der Waals surface area (Å²) in [6, 6.07) is 8.27. The van der Waals surface area contributed by atoms with Gasteiger partial charge in [-0.2, -0.15) is 0 Å². The first-order valence-corrected chi connectivity index (χ1v) is 6.00. The van der Waals surface area contributed by atoms with Gasteiger partial charge in [-0.05, 0) is 39.2 Å². The van der Waals surface area contributed by atoms with Crippen LogP contribution in [0.25, 0.3) is 11.0 Å².